The van der Waals surface area contributed by atoms with Gasteiger partial charge in [-0.15, -0.1) is 0 Å². The zero-order chi connectivity index (χ0) is 60.3. The lowest BCUT2D eigenvalue weighted by Crippen LogP contribution is -2.60. The quantitative estimate of drug-likeness (QED) is 0.0215. The minimum atomic E-state index is -1.67. The Hall–Kier alpha value is -1.67. The molecule has 1 amide bonds. The van der Waals surface area contributed by atoms with Crippen LogP contribution in [0.1, 0.15) is 348 Å². The number of hydrogen-bond donors (Lipinski definition) is 8. The molecule has 1 fully saturated rings. The number of aliphatic hydroxyl groups is 7. The predicted molar refractivity (Wildman–Crippen MR) is 349 cm³/mol. The van der Waals surface area contributed by atoms with Crippen molar-refractivity contribution in [3.05, 3.63) is 36.5 Å². The minimum absolute atomic E-state index is 0.255. The summed E-state index contributed by atoms with van der Waals surface area (Å²) in [6.45, 7) is 3.50. The summed E-state index contributed by atoms with van der Waals surface area (Å²) >= 11 is 0. The maximum atomic E-state index is 13.3. The first-order valence-electron chi connectivity index (χ1n) is 35.9. The van der Waals surface area contributed by atoms with Gasteiger partial charge in [-0.05, 0) is 70.6 Å². The van der Waals surface area contributed by atoms with Gasteiger partial charge in [0.1, 0.15) is 36.6 Å². The zero-order valence-electron chi connectivity index (χ0n) is 54.2. The third kappa shape index (κ3) is 48.0. The average Bonchev–Trinajstić information content (AvgIpc) is 3.68. The first kappa shape index (κ1) is 79.3. The molecule has 83 heavy (non-hydrogen) atoms. The van der Waals surface area contributed by atoms with Gasteiger partial charge in [0, 0.05) is 0 Å². The minimum Gasteiger partial charge on any atom is -0.394 e. The maximum Gasteiger partial charge on any atom is 0.249 e. The summed E-state index contributed by atoms with van der Waals surface area (Å²) in [5.41, 5.74) is 0. The SMILES string of the molecule is CCCCCCCCCCCCC/C=C\C/C=C\CCCCCCCCCCCCCCCCCCC(O)C(=O)NC(COC1OC(CO)C(O)C(O)C1O)C(O)C(O)CCC/C=C/CCCCCCCCCCCCCCCCCCC. The van der Waals surface area contributed by atoms with E-state index in [1.165, 1.54) is 263 Å². The molecule has 9 unspecified atom stereocenters. The summed E-state index contributed by atoms with van der Waals surface area (Å²) in [7, 11) is 0. The van der Waals surface area contributed by atoms with E-state index in [1.54, 1.807) is 0 Å². The molecule has 0 aromatic rings. The molecule has 8 N–H and O–H groups in total. The molecule has 1 rings (SSSR count). The van der Waals surface area contributed by atoms with Gasteiger partial charge in [-0.3, -0.25) is 4.79 Å². The van der Waals surface area contributed by atoms with Crippen LogP contribution in [0.15, 0.2) is 36.5 Å². The number of hydrogen-bond acceptors (Lipinski definition) is 10. The lowest BCUT2D eigenvalue weighted by atomic mass is 9.98. The van der Waals surface area contributed by atoms with Crippen LogP contribution in [0.4, 0.5) is 0 Å². The Morgan fingerprint density at radius 1 is 0.422 bits per heavy atom. The largest absolute Gasteiger partial charge is 0.394 e. The van der Waals surface area contributed by atoms with E-state index in [0.717, 1.165) is 44.9 Å². The van der Waals surface area contributed by atoms with Crippen molar-refractivity contribution in [1.29, 1.82) is 0 Å². The van der Waals surface area contributed by atoms with Gasteiger partial charge < -0.3 is 50.5 Å². The fraction of sp³-hybridized carbons (Fsp3) is 0.903. The van der Waals surface area contributed by atoms with Crippen LogP contribution < -0.4 is 5.32 Å². The van der Waals surface area contributed by atoms with Crippen LogP contribution in [-0.2, 0) is 14.3 Å². The Labute approximate surface area is 511 Å². The highest BCUT2D eigenvalue weighted by Gasteiger charge is 2.44. The van der Waals surface area contributed by atoms with E-state index in [2.05, 4.69) is 55.6 Å². The van der Waals surface area contributed by atoms with Gasteiger partial charge in [0.05, 0.1) is 25.4 Å². The van der Waals surface area contributed by atoms with Crippen molar-refractivity contribution in [3.8, 4) is 0 Å². The summed E-state index contributed by atoms with van der Waals surface area (Å²) in [5.74, 6) is -0.701. The highest BCUT2D eigenvalue weighted by atomic mass is 16.7. The maximum absolute atomic E-state index is 13.3. The number of amides is 1. The molecule has 0 aromatic carbocycles. The molecular formula is C72H137NO10. The lowest BCUT2D eigenvalue weighted by molar-refractivity contribution is -0.303. The number of rotatable bonds is 63. The Bertz CT molecular complexity index is 1440. The third-order valence-corrected chi connectivity index (χ3v) is 17.4. The van der Waals surface area contributed by atoms with Crippen molar-refractivity contribution in [2.75, 3.05) is 13.2 Å². The van der Waals surface area contributed by atoms with Gasteiger partial charge in [0.2, 0.25) is 5.91 Å². The number of carbonyl (C=O) groups excluding carboxylic acids is 1. The number of unbranched alkanes of at least 4 members (excludes halogenated alkanes) is 45. The molecule has 0 spiro atoms. The second-order valence-electron chi connectivity index (χ2n) is 25.3. The van der Waals surface area contributed by atoms with Crippen molar-refractivity contribution in [1.82, 2.24) is 5.32 Å². The zero-order valence-corrected chi connectivity index (χ0v) is 54.2. The molecule has 0 bridgehead atoms. The molecule has 1 heterocycles. The van der Waals surface area contributed by atoms with Gasteiger partial charge in [0.25, 0.3) is 0 Å². The third-order valence-electron chi connectivity index (χ3n) is 17.4. The first-order valence-corrected chi connectivity index (χ1v) is 35.9. The number of carbonyl (C=O) groups is 1. The van der Waals surface area contributed by atoms with Crippen molar-refractivity contribution >= 4 is 5.91 Å². The second-order valence-corrected chi connectivity index (χ2v) is 25.3. The predicted octanol–water partition coefficient (Wildman–Crippen LogP) is 17.4. The van der Waals surface area contributed by atoms with Crippen LogP contribution in [0.25, 0.3) is 0 Å². The van der Waals surface area contributed by atoms with Gasteiger partial charge in [0.15, 0.2) is 6.29 Å². The van der Waals surface area contributed by atoms with E-state index in [0.29, 0.717) is 12.8 Å². The molecule has 0 aliphatic carbocycles. The Kier molecular flexibility index (Phi) is 57.9. The van der Waals surface area contributed by atoms with Gasteiger partial charge >= 0.3 is 0 Å². The fourth-order valence-corrected chi connectivity index (χ4v) is 11.7. The van der Waals surface area contributed by atoms with E-state index >= 15 is 0 Å². The summed E-state index contributed by atoms with van der Waals surface area (Å²) in [6, 6.07) is -1.19. The summed E-state index contributed by atoms with van der Waals surface area (Å²) in [6.07, 6.45) is 66.6. The van der Waals surface area contributed by atoms with E-state index in [9.17, 15) is 40.5 Å². The molecule has 9 atom stereocenters. The van der Waals surface area contributed by atoms with Crippen LogP contribution in [-0.4, -0.2) is 110 Å². The monoisotopic (exact) mass is 1180 g/mol. The Morgan fingerprint density at radius 2 is 0.747 bits per heavy atom. The number of ether oxygens (including phenoxy) is 2. The van der Waals surface area contributed by atoms with Gasteiger partial charge in [-0.1, -0.05) is 314 Å². The Balaban J connectivity index is 2.18. The molecule has 11 heteroatoms. The number of nitrogens with one attached hydrogen (secondary N) is 1. The first-order chi connectivity index (χ1) is 40.7. The van der Waals surface area contributed by atoms with E-state index in [-0.39, 0.29) is 12.8 Å². The fourth-order valence-electron chi connectivity index (χ4n) is 11.7. The summed E-state index contributed by atoms with van der Waals surface area (Å²) in [4.78, 5) is 13.3. The molecular weight excluding hydrogens is 1040 g/mol. The van der Waals surface area contributed by atoms with Crippen LogP contribution in [0.3, 0.4) is 0 Å². The lowest BCUT2D eigenvalue weighted by Gasteiger charge is -2.40. The van der Waals surface area contributed by atoms with Crippen molar-refractivity contribution in [2.45, 2.75) is 403 Å². The molecule has 0 saturated carbocycles. The molecule has 1 aliphatic heterocycles. The van der Waals surface area contributed by atoms with Crippen LogP contribution >= 0.6 is 0 Å². The molecule has 1 aliphatic rings. The second kappa shape index (κ2) is 60.6. The molecule has 11 nitrogen and oxygen atoms in total. The van der Waals surface area contributed by atoms with Crippen molar-refractivity contribution in [2.24, 2.45) is 0 Å². The van der Waals surface area contributed by atoms with E-state index < -0.39 is 74.2 Å². The van der Waals surface area contributed by atoms with Crippen LogP contribution in [0.5, 0.6) is 0 Å². The molecule has 0 radical (unpaired) electrons. The highest BCUT2D eigenvalue weighted by molar-refractivity contribution is 5.80. The van der Waals surface area contributed by atoms with E-state index in [1.807, 2.05) is 0 Å². The normalized spacial score (nSPS) is 19.2. The molecule has 0 aromatic heterocycles. The van der Waals surface area contributed by atoms with Crippen molar-refractivity contribution < 1.29 is 50.0 Å². The number of aliphatic hydroxyl groups excluding tert-OH is 7. The highest BCUT2D eigenvalue weighted by Crippen LogP contribution is 2.24. The standard InChI is InChI=1S/C72H137NO10/c1-3-5-7-9-11-13-15-17-19-21-23-25-27-28-29-30-31-32-33-34-35-36-37-38-40-42-44-46-48-50-52-54-56-58-60-65(76)71(81)73-63(62-82-72-70(80)69(79)68(78)66(61-74)83-72)67(77)64(75)59-57-55-53-51-49-47-45-43-41-39-26-24-22-20-18-16-14-12-10-8-6-4-2/h27-28,30-31,51,53,63-70,72,74-80H,3-26,29,32-50,52,54-62H2,1-2H3,(H,73,81)/b28-27-,31-30-,53-51+. The van der Waals surface area contributed by atoms with Crippen LogP contribution in [0.2, 0.25) is 0 Å². The topological polar surface area (TPSA) is 189 Å². The van der Waals surface area contributed by atoms with E-state index in [4.69, 9.17) is 9.47 Å². The number of allylic oxidation sites excluding steroid dienone is 6. The average molecular weight is 1180 g/mol. The van der Waals surface area contributed by atoms with Crippen molar-refractivity contribution in [3.63, 3.8) is 0 Å². The molecule has 490 valence electrons. The van der Waals surface area contributed by atoms with Gasteiger partial charge in [-0.25, -0.2) is 0 Å². The smallest absolute Gasteiger partial charge is 0.249 e. The Morgan fingerprint density at radius 3 is 1.11 bits per heavy atom. The van der Waals surface area contributed by atoms with Crippen LogP contribution in [0, 0.1) is 0 Å². The summed E-state index contributed by atoms with van der Waals surface area (Å²) in [5, 5.41) is 76.5. The summed E-state index contributed by atoms with van der Waals surface area (Å²) < 4.78 is 11.2. The van der Waals surface area contributed by atoms with Gasteiger partial charge in [-0.2, -0.15) is 0 Å². The molecule has 1 saturated heterocycles.